The maximum absolute atomic E-state index is 6.12. The summed E-state index contributed by atoms with van der Waals surface area (Å²) in [4.78, 5) is 0. The lowest BCUT2D eigenvalue weighted by Gasteiger charge is -2.16. The Kier molecular flexibility index (Phi) is 4.07. The minimum Gasteiger partial charge on any atom is -0.285 e. The summed E-state index contributed by atoms with van der Waals surface area (Å²) in [6, 6.07) is 16.8. The second-order valence-electron chi connectivity index (χ2n) is 5.12. The van der Waals surface area contributed by atoms with Crippen molar-refractivity contribution in [3.8, 4) is 11.1 Å². The summed E-state index contributed by atoms with van der Waals surface area (Å²) in [5.74, 6) is 0.377. The lowest BCUT2D eigenvalue weighted by Crippen LogP contribution is -1.99. The maximum atomic E-state index is 6.12. The molecule has 106 valence electrons. The van der Waals surface area contributed by atoms with Gasteiger partial charge in [0.15, 0.2) is 0 Å². The summed E-state index contributed by atoms with van der Waals surface area (Å²) in [6.07, 6.45) is 4.79. The van der Waals surface area contributed by atoms with Gasteiger partial charge in [0.2, 0.25) is 0 Å². The van der Waals surface area contributed by atoms with Crippen molar-refractivity contribution in [3.05, 3.63) is 77.1 Å². The fraction of sp³-hybridized carbons (Fsp3) is 0.167. The fourth-order valence-electron chi connectivity index (χ4n) is 2.70. The number of hydrogen-bond acceptors (Lipinski definition) is 1. The molecule has 21 heavy (non-hydrogen) atoms. The third-order valence-corrected chi connectivity index (χ3v) is 4.04. The SMILES string of the molecule is CCC(c1ccc(-c2cn[nH]c2)cc1)c1cccc(Cl)c1. The number of aromatic amines is 1. The van der Waals surface area contributed by atoms with Crippen molar-refractivity contribution in [1.82, 2.24) is 10.2 Å². The first-order chi connectivity index (χ1) is 10.3. The monoisotopic (exact) mass is 296 g/mol. The molecule has 0 saturated heterocycles. The van der Waals surface area contributed by atoms with Crippen LogP contribution in [0.5, 0.6) is 0 Å². The van der Waals surface area contributed by atoms with Crippen LogP contribution in [0.25, 0.3) is 11.1 Å². The van der Waals surface area contributed by atoms with Crippen molar-refractivity contribution < 1.29 is 0 Å². The molecule has 3 rings (SSSR count). The van der Waals surface area contributed by atoms with Gasteiger partial charge in [-0.2, -0.15) is 5.10 Å². The van der Waals surface area contributed by atoms with Gasteiger partial charge in [0.25, 0.3) is 0 Å². The number of hydrogen-bond donors (Lipinski definition) is 1. The molecule has 1 atom stereocenters. The molecule has 1 aromatic heterocycles. The topological polar surface area (TPSA) is 28.7 Å². The van der Waals surface area contributed by atoms with Crippen molar-refractivity contribution >= 4 is 11.6 Å². The van der Waals surface area contributed by atoms with E-state index in [1.54, 1.807) is 0 Å². The van der Waals surface area contributed by atoms with Gasteiger partial charge >= 0.3 is 0 Å². The van der Waals surface area contributed by atoms with E-state index in [1.165, 1.54) is 16.7 Å². The van der Waals surface area contributed by atoms with Gasteiger partial charge in [-0.3, -0.25) is 5.10 Å². The van der Waals surface area contributed by atoms with Gasteiger partial charge in [0.1, 0.15) is 0 Å². The van der Waals surface area contributed by atoms with Gasteiger partial charge in [0.05, 0.1) is 6.20 Å². The van der Waals surface area contributed by atoms with Crippen LogP contribution >= 0.6 is 11.6 Å². The molecule has 3 heteroatoms. The summed E-state index contributed by atoms with van der Waals surface area (Å²) < 4.78 is 0. The molecular weight excluding hydrogens is 280 g/mol. The Balaban J connectivity index is 1.91. The van der Waals surface area contributed by atoms with Crippen LogP contribution in [0.1, 0.15) is 30.4 Å². The molecule has 0 aliphatic heterocycles. The molecule has 1 unspecified atom stereocenters. The van der Waals surface area contributed by atoms with Crippen LogP contribution in [-0.4, -0.2) is 10.2 Å². The van der Waals surface area contributed by atoms with E-state index in [0.717, 1.165) is 17.0 Å². The maximum Gasteiger partial charge on any atom is 0.0565 e. The number of benzene rings is 2. The van der Waals surface area contributed by atoms with E-state index < -0.39 is 0 Å². The van der Waals surface area contributed by atoms with Crippen molar-refractivity contribution in [1.29, 1.82) is 0 Å². The normalized spacial score (nSPS) is 12.3. The Bertz CT molecular complexity index is 702. The molecule has 3 aromatic rings. The molecular formula is C18H17ClN2. The highest BCUT2D eigenvalue weighted by Crippen LogP contribution is 2.30. The van der Waals surface area contributed by atoms with E-state index >= 15 is 0 Å². The summed E-state index contributed by atoms with van der Waals surface area (Å²) in [5, 5.41) is 7.63. The van der Waals surface area contributed by atoms with Crippen molar-refractivity contribution in [2.24, 2.45) is 0 Å². The fourth-order valence-corrected chi connectivity index (χ4v) is 2.90. The minimum atomic E-state index is 0.377. The van der Waals surface area contributed by atoms with Crippen LogP contribution in [0.2, 0.25) is 5.02 Å². The predicted molar refractivity (Wildman–Crippen MR) is 87.6 cm³/mol. The Morgan fingerprint density at radius 1 is 1.05 bits per heavy atom. The number of nitrogens with one attached hydrogen (secondary N) is 1. The standard InChI is InChI=1S/C18H17ClN2/c1-2-18(15-4-3-5-17(19)10-15)14-8-6-13(7-9-14)16-11-20-21-12-16/h3-12,18H,2H2,1H3,(H,20,21). The minimum absolute atomic E-state index is 0.377. The molecule has 1 heterocycles. The Hall–Kier alpha value is -2.06. The molecule has 2 nitrogen and oxygen atoms in total. The van der Waals surface area contributed by atoms with E-state index in [4.69, 9.17) is 11.6 Å². The summed E-state index contributed by atoms with van der Waals surface area (Å²) in [7, 11) is 0. The molecule has 0 spiro atoms. The van der Waals surface area contributed by atoms with Gasteiger partial charge in [-0.25, -0.2) is 0 Å². The van der Waals surface area contributed by atoms with Crippen LogP contribution < -0.4 is 0 Å². The van der Waals surface area contributed by atoms with E-state index in [1.807, 2.05) is 24.5 Å². The number of halogens is 1. The first-order valence-electron chi connectivity index (χ1n) is 7.12. The van der Waals surface area contributed by atoms with Crippen LogP contribution in [0, 0.1) is 0 Å². The van der Waals surface area contributed by atoms with E-state index in [9.17, 15) is 0 Å². The largest absolute Gasteiger partial charge is 0.285 e. The van der Waals surface area contributed by atoms with E-state index in [2.05, 4.69) is 53.5 Å². The molecule has 0 aliphatic rings. The number of rotatable bonds is 4. The predicted octanol–water partition coefficient (Wildman–Crippen LogP) is 5.27. The average Bonchev–Trinajstić information content (AvgIpc) is 3.03. The second-order valence-corrected chi connectivity index (χ2v) is 5.56. The first-order valence-corrected chi connectivity index (χ1v) is 7.50. The molecule has 0 bridgehead atoms. The third kappa shape index (κ3) is 3.01. The summed E-state index contributed by atoms with van der Waals surface area (Å²) in [5.41, 5.74) is 4.86. The van der Waals surface area contributed by atoms with Gasteiger partial charge < -0.3 is 0 Å². The zero-order chi connectivity index (χ0) is 14.7. The average molecular weight is 297 g/mol. The van der Waals surface area contributed by atoms with Gasteiger partial charge in [-0.15, -0.1) is 0 Å². The third-order valence-electron chi connectivity index (χ3n) is 3.80. The lowest BCUT2D eigenvalue weighted by atomic mass is 9.88. The quantitative estimate of drug-likeness (QED) is 0.698. The summed E-state index contributed by atoms with van der Waals surface area (Å²) in [6.45, 7) is 2.20. The first kappa shape index (κ1) is 13.9. The summed E-state index contributed by atoms with van der Waals surface area (Å²) >= 11 is 6.12. The molecule has 0 fully saturated rings. The van der Waals surface area contributed by atoms with Crippen LogP contribution in [0.15, 0.2) is 60.9 Å². The highest BCUT2D eigenvalue weighted by atomic mass is 35.5. The van der Waals surface area contributed by atoms with Crippen molar-refractivity contribution in [3.63, 3.8) is 0 Å². The number of aromatic nitrogens is 2. The van der Waals surface area contributed by atoms with Crippen molar-refractivity contribution in [2.45, 2.75) is 19.3 Å². The molecule has 0 radical (unpaired) electrons. The lowest BCUT2D eigenvalue weighted by molar-refractivity contribution is 0.777. The van der Waals surface area contributed by atoms with Crippen LogP contribution in [0.3, 0.4) is 0 Å². The zero-order valence-corrected chi connectivity index (χ0v) is 12.6. The van der Waals surface area contributed by atoms with Crippen molar-refractivity contribution in [2.75, 3.05) is 0 Å². The van der Waals surface area contributed by atoms with Gasteiger partial charge in [-0.1, -0.05) is 54.9 Å². The molecule has 0 amide bonds. The Morgan fingerprint density at radius 2 is 1.86 bits per heavy atom. The Labute approximate surface area is 129 Å². The van der Waals surface area contributed by atoms with Gasteiger partial charge in [-0.05, 0) is 35.2 Å². The molecule has 1 N–H and O–H groups in total. The molecule has 2 aromatic carbocycles. The van der Waals surface area contributed by atoms with Crippen LogP contribution in [0.4, 0.5) is 0 Å². The highest BCUT2D eigenvalue weighted by Gasteiger charge is 2.12. The smallest absolute Gasteiger partial charge is 0.0565 e. The van der Waals surface area contributed by atoms with Crippen LogP contribution in [-0.2, 0) is 0 Å². The zero-order valence-electron chi connectivity index (χ0n) is 11.9. The molecule has 0 aliphatic carbocycles. The number of nitrogens with zero attached hydrogens (tertiary/aromatic N) is 1. The Morgan fingerprint density at radius 3 is 2.48 bits per heavy atom. The number of H-pyrrole nitrogens is 1. The highest BCUT2D eigenvalue weighted by molar-refractivity contribution is 6.30. The second kappa shape index (κ2) is 6.15. The van der Waals surface area contributed by atoms with Gasteiger partial charge in [0, 0.05) is 22.7 Å². The van der Waals surface area contributed by atoms with E-state index in [-0.39, 0.29) is 0 Å². The van der Waals surface area contributed by atoms with E-state index in [0.29, 0.717) is 5.92 Å². The molecule has 0 saturated carbocycles.